The number of methoxy groups -OCH3 is 1. The summed E-state index contributed by atoms with van der Waals surface area (Å²) in [6.07, 6.45) is 3.00. The molecule has 0 radical (unpaired) electrons. The second-order valence-corrected chi connectivity index (χ2v) is 7.29. The molecule has 0 bridgehead atoms. The lowest BCUT2D eigenvalue weighted by Crippen LogP contribution is -2.28. The van der Waals surface area contributed by atoms with E-state index in [2.05, 4.69) is 17.6 Å². The van der Waals surface area contributed by atoms with E-state index < -0.39 is 0 Å². The number of hydrogen-bond donors (Lipinski definition) is 2. The fraction of sp³-hybridized carbons (Fsp3) is 0.400. The van der Waals surface area contributed by atoms with Crippen molar-refractivity contribution in [1.29, 1.82) is 0 Å². The first-order valence-electron chi connectivity index (χ1n) is 8.81. The summed E-state index contributed by atoms with van der Waals surface area (Å²) in [5.41, 5.74) is 1.07. The Morgan fingerprint density at radius 1 is 1.15 bits per heavy atom. The minimum atomic E-state index is -0.0824. The van der Waals surface area contributed by atoms with Crippen molar-refractivity contribution in [2.75, 3.05) is 7.11 Å². The molecule has 0 aliphatic carbocycles. The Labute approximate surface area is 158 Å². The van der Waals surface area contributed by atoms with E-state index in [1.807, 2.05) is 36.4 Å². The first-order valence-corrected chi connectivity index (χ1v) is 9.63. The molecular weight excluding hydrogens is 348 g/mol. The molecule has 1 atom stereocenters. The monoisotopic (exact) mass is 374 g/mol. The van der Waals surface area contributed by atoms with Gasteiger partial charge in [-0.25, -0.2) is 0 Å². The minimum Gasteiger partial charge on any atom is -0.497 e. The summed E-state index contributed by atoms with van der Waals surface area (Å²) in [5, 5.41) is 5.89. The van der Waals surface area contributed by atoms with Crippen LogP contribution in [-0.2, 0) is 11.3 Å². The Balaban J connectivity index is 2.06. The zero-order valence-electron chi connectivity index (χ0n) is 15.5. The van der Waals surface area contributed by atoms with E-state index in [1.165, 1.54) is 18.3 Å². The summed E-state index contributed by atoms with van der Waals surface area (Å²) in [5.74, 6) is 0.639. The molecule has 1 aromatic heterocycles. The van der Waals surface area contributed by atoms with Crippen molar-refractivity contribution in [2.45, 2.75) is 45.7 Å². The van der Waals surface area contributed by atoms with E-state index in [4.69, 9.17) is 4.74 Å². The molecule has 1 unspecified atom stereocenters. The molecule has 0 saturated carbocycles. The predicted molar refractivity (Wildman–Crippen MR) is 105 cm³/mol. The Hall–Kier alpha value is -2.34. The van der Waals surface area contributed by atoms with E-state index in [0.717, 1.165) is 35.5 Å². The highest BCUT2D eigenvalue weighted by atomic mass is 32.1. The van der Waals surface area contributed by atoms with Gasteiger partial charge in [0.2, 0.25) is 5.91 Å². The summed E-state index contributed by atoms with van der Waals surface area (Å²) in [4.78, 5) is 25.3. The number of benzene rings is 1. The average molecular weight is 375 g/mol. The summed E-state index contributed by atoms with van der Waals surface area (Å²) in [6.45, 7) is 4.07. The van der Waals surface area contributed by atoms with E-state index in [9.17, 15) is 9.59 Å². The number of unbranched alkanes of at least 4 members (excludes halogenated alkanes) is 1. The zero-order chi connectivity index (χ0) is 18.9. The molecule has 0 aliphatic heterocycles. The van der Waals surface area contributed by atoms with Gasteiger partial charge in [0, 0.05) is 11.8 Å². The van der Waals surface area contributed by atoms with Gasteiger partial charge in [-0.3, -0.25) is 9.59 Å². The molecule has 2 rings (SSSR count). The summed E-state index contributed by atoms with van der Waals surface area (Å²) < 4.78 is 5.21. The van der Waals surface area contributed by atoms with Crippen LogP contribution in [0.2, 0.25) is 0 Å². The number of hydrogen-bond acceptors (Lipinski definition) is 4. The number of carbonyl (C=O) groups excluding carboxylic acids is 2. The molecule has 6 heteroatoms. The number of ether oxygens (including phenoxy) is 1. The van der Waals surface area contributed by atoms with Crippen LogP contribution in [0.4, 0.5) is 0 Å². The van der Waals surface area contributed by atoms with Crippen LogP contribution in [0.15, 0.2) is 36.4 Å². The van der Waals surface area contributed by atoms with Crippen molar-refractivity contribution in [1.82, 2.24) is 10.6 Å². The van der Waals surface area contributed by atoms with Gasteiger partial charge in [0.15, 0.2) is 0 Å². The maximum absolute atomic E-state index is 12.7. The molecular formula is C20H26N2O3S. The number of rotatable bonds is 9. The molecule has 0 fully saturated rings. The number of thiophene rings is 1. The topological polar surface area (TPSA) is 67.4 Å². The summed E-state index contributed by atoms with van der Waals surface area (Å²) >= 11 is 1.40. The quantitative estimate of drug-likeness (QED) is 0.696. The third-order valence-corrected chi connectivity index (χ3v) is 5.15. The zero-order valence-corrected chi connectivity index (χ0v) is 16.3. The SMILES string of the molecule is CCCCC(NC(=O)c1ccc(CNC(C)=O)s1)c1ccc(OC)cc1. The summed E-state index contributed by atoms with van der Waals surface area (Å²) in [7, 11) is 1.64. The Kier molecular flexibility index (Phi) is 7.66. The summed E-state index contributed by atoms with van der Waals surface area (Å²) in [6, 6.07) is 11.5. The van der Waals surface area contributed by atoms with Gasteiger partial charge in [-0.15, -0.1) is 11.3 Å². The average Bonchev–Trinajstić information content (AvgIpc) is 3.12. The lowest BCUT2D eigenvalue weighted by molar-refractivity contribution is -0.119. The van der Waals surface area contributed by atoms with Gasteiger partial charge in [0.1, 0.15) is 5.75 Å². The van der Waals surface area contributed by atoms with Crippen molar-refractivity contribution in [3.05, 3.63) is 51.7 Å². The fourth-order valence-electron chi connectivity index (χ4n) is 2.60. The molecule has 26 heavy (non-hydrogen) atoms. The van der Waals surface area contributed by atoms with Gasteiger partial charge < -0.3 is 15.4 Å². The molecule has 0 saturated heterocycles. The van der Waals surface area contributed by atoms with Crippen molar-refractivity contribution in [2.24, 2.45) is 0 Å². The van der Waals surface area contributed by atoms with Gasteiger partial charge >= 0.3 is 0 Å². The van der Waals surface area contributed by atoms with Crippen molar-refractivity contribution < 1.29 is 14.3 Å². The number of amides is 2. The number of nitrogens with one attached hydrogen (secondary N) is 2. The second-order valence-electron chi connectivity index (χ2n) is 6.12. The van der Waals surface area contributed by atoms with Gasteiger partial charge in [-0.2, -0.15) is 0 Å². The van der Waals surface area contributed by atoms with Crippen LogP contribution in [0.5, 0.6) is 5.75 Å². The maximum atomic E-state index is 12.7. The molecule has 1 heterocycles. The highest BCUT2D eigenvalue weighted by molar-refractivity contribution is 7.14. The highest BCUT2D eigenvalue weighted by Gasteiger charge is 2.17. The van der Waals surface area contributed by atoms with Crippen LogP contribution >= 0.6 is 11.3 Å². The molecule has 0 spiro atoms. The van der Waals surface area contributed by atoms with Crippen LogP contribution in [-0.4, -0.2) is 18.9 Å². The van der Waals surface area contributed by atoms with Gasteiger partial charge in [-0.1, -0.05) is 31.9 Å². The van der Waals surface area contributed by atoms with E-state index >= 15 is 0 Å². The smallest absolute Gasteiger partial charge is 0.261 e. The van der Waals surface area contributed by atoms with Crippen LogP contribution in [0, 0.1) is 0 Å². The molecule has 5 nitrogen and oxygen atoms in total. The first kappa shape index (κ1) is 20.0. The Bertz CT molecular complexity index is 725. The van der Waals surface area contributed by atoms with E-state index in [1.54, 1.807) is 7.11 Å². The van der Waals surface area contributed by atoms with Crippen LogP contribution < -0.4 is 15.4 Å². The minimum absolute atomic E-state index is 0.0331. The largest absolute Gasteiger partial charge is 0.497 e. The first-order chi connectivity index (χ1) is 12.5. The van der Waals surface area contributed by atoms with Crippen molar-refractivity contribution in [3.8, 4) is 5.75 Å². The molecule has 0 aliphatic rings. The van der Waals surface area contributed by atoms with E-state index in [-0.39, 0.29) is 17.9 Å². The third kappa shape index (κ3) is 5.88. The molecule has 2 amide bonds. The third-order valence-electron chi connectivity index (χ3n) is 4.07. The van der Waals surface area contributed by atoms with E-state index in [0.29, 0.717) is 11.4 Å². The Morgan fingerprint density at radius 3 is 2.50 bits per heavy atom. The molecule has 1 aromatic carbocycles. The number of carbonyl (C=O) groups is 2. The maximum Gasteiger partial charge on any atom is 0.261 e. The van der Waals surface area contributed by atoms with Crippen molar-refractivity contribution >= 4 is 23.2 Å². The van der Waals surface area contributed by atoms with Gasteiger partial charge in [0.05, 0.1) is 24.6 Å². The fourth-order valence-corrected chi connectivity index (χ4v) is 3.45. The lowest BCUT2D eigenvalue weighted by Gasteiger charge is -2.19. The molecule has 2 aromatic rings. The van der Waals surface area contributed by atoms with Crippen LogP contribution in [0.25, 0.3) is 0 Å². The van der Waals surface area contributed by atoms with Crippen LogP contribution in [0.3, 0.4) is 0 Å². The lowest BCUT2D eigenvalue weighted by atomic mass is 10.0. The predicted octanol–water partition coefficient (Wildman–Crippen LogP) is 4.05. The van der Waals surface area contributed by atoms with Crippen molar-refractivity contribution in [3.63, 3.8) is 0 Å². The highest BCUT2D eigenvalue weighted by Crippen LogP contribution is 2.24. The second kappa shape index (κ2) is 9.97. The van der Waals surface area contributed by atoms with Gasteiger partial charge in [-0.05, 0) is 36.2 Å². The van der Waals surface area contributed by atoms with Gasteiger partial charge in [0.25, 0.3) is 5.91 Å². The standard InChI is InChI=1S/C20H26N2O3S/c1-4-5-6-18(15-7-9-16(25-3)10-8-15)22-20(24)19-12-11-17(26-19)13-21-14(2)23/h7-12,18H,4-6,13H2,1-3H3,(H,21,23)(H,22,24). The normalized spacial score (nSPS) is 11.7. The Morgan fingerprint density at radius 2 is 1.88 bits per heavy atom. The molecule has 140 valence electrons. The van der Waals surface area contributed by atoms with Crippen LogP contribution in [0.1, 0.15) is 59.3 Å². The molecule has 2 N–H and O–H groups in total.